The average molecular weight is 523 g/mol. The Morgan fingerprint density at radius 2 is 0.971 bits per heavy atom. The molecular weight excluding hydrogens is 501 g/mol. The van der Waals surface area contributed by atoms with Crippen molar-refractivity contribution in [2.75, 3.05) is 0 Å². The lowest BCUT2D eigenvalue weighted by molar-refractivity contribution is -0.0500. The predicted octanol–water partition coefficient (Wildman–Crippen LogP) is 7.53. The van der Waals surface area contributed by atoms with Crippen molar-refractivity contribution < 1.29 is 25.8 Å². The Balaban J connectivity index is 0.000000266. The van der Waals surface area contributed by atoms with E-state index in [0.717, 1.165) is 9.79 Å². The maximum atomic E-state index is 12.2. The van der Waals surface area contributed by atoms with Crippen molar-refractivity contribution in [2.45, 2.75) is 15.3 Å². The number of rotatable bonds is 5. The van der Waals surface area contributed by atoms with Crippen LogP contribution in [0.15, 0.2) is 125 Å². The van der Waals surface area contributed by atoms with E-state index in [-0.39, 0.29) is 19.2 Å². The summed E-state index contributed by atoms with van der Waals surface area (Å²) in [7, 11) is -5.63. The Hall–Kier alpha value is -2.88. The molecule has 0 unspecified atom stereocenters. The Kier molecular flexibility index (Phi) is 10.1. The summed E-state index contributed by atoms with van der Waals surface area (Å²) in [6.45, 7) is 0. The van der Waals surface area contributed by atoms with E-state index < -0.39 is 15.6 Å². The topological polar surface area (TPSA) is 43.4 Å². The molecule has 3 nitrogen and oxygen atoms in total. The van der Waals surface area contributed by atoms with E-state index in [1.54, 1.807) is 0 Å². The molecule has 0 atom stereocenters. The van der Waals surface area contributed by atoms with Gasteiger partial charge in [-0.2, -0.15) is 35.1 Å². The first-order valence-corrected chi connectivity index (χ1v) is 11.9. The first-order chi connectivity index (χ1) is 15.7. The van der Waals surface area contributed by atoms with E-state index in [1.165, 1.54) is 47.2 Å². The van der Waals surface area contributed by atoms with E-state index in [9.17, 15) is 21.6 Å². The largest absolute Gasteiger partial charge is 0.534 e. The van der Waals surface area contributed by atoms with Crippen LogP contribution >= 0.6 is 25.3 Å². The van der Waals surface area contributed by atoms with Gasteiger partial charge in [-0.15, -0.1) is 0 Å². The van der Waals surface area contributed by atoms with Gasteiger partial charge in [0.15, 0.2) is 0 Å². The van der Waals surface area contributed by atoms with Gasteiger partial charge in [-0.05, 0) is 47.5 Å². The highest BCUT2D eigenvalue weighted by Gasteiger charge is 2.48. The molecule has 178 valence electrons. The van der Waals surface area contributed by atoms with Crippen molar-refractivity contribution in [3.05, 3.63) is 115 Å². The smallest absolute Gasteiger partial charge is 0.376 e. The Morgan fingerprint density at radius 1 is 0.588 bits per heavy atom. The van der Waals surface area contributed by atoms with E-state index in [4.69, 9.17) is 0 Å². The first kappa shape index (κ1) is 27.4. The summed E-state index contributed by atoms with van der Waals surface area (Å²) in [6.07, 6.45) is 0. The minimum Gasteiger partial charge on any atom is -0.376 e. The van der Waals surface area contributed by atoms with Crippen LogP contribution in [0.1, 0.15) is 0 Å². The van der Waals surface area contributed by atoms with Crippen LogP contribution in [0, 0.1) is 0 Å². The summed E-state index contributed by atoms with van der Waals surface area (Å²) in [5.41, 5.74) is -2.89. The van der Waals surface area contributed by atoms with Crippen molar-refractivity contribution in [3.63, 3.8) is 0 Å². The van der Waals surface area contributed by atoms with Gasteiger partial charge < -0.3 is 4.18 Å². The fourth-order valence-corrected chi connectivity index (χ4v) is 3.92. The molecule has 0 radical (unpaired) electrons. The molecule has 0 heterocycles. The van der Waals surface area contributed by atoms with Gasteiger partial charge in [0, 0.05) is 9.79 Å². The zero-order valence-corrected chi connectivity index (χ0v) is 20.3. The number of alkyl halides is 3. The van der Waals surface area contributed by atoms with Crippen LogP contribution in [-0.4, -0.2) is 13.9 Å². The van der Waals surface area contributed by atoms with Crippen LogP contribution < -0.4 is 4.18 Å². The molecule has 34 heavy (non-hydrogen) atoms. The molecular formula is C25H21F3O3S3. The molecule has 9 heteroatoms. The van der Waals surface area contributed by atoms with Crippen molar-refractivity contribution in [1.82, 2.24) is 0 Å². The summed E-state index contributed by atoms with van der Waals surface area (Å²) in [5.74, 6) is -0.385. The number of halogens is 3. The fraction of sp³-hybridized carbons (Fsp3) is 0.0400. The van der Waals surface area contributed by atoms with E-state index in [2.05, 4.69) is 52.7 Å². The van der Waals surface area contributed by atoms with Crippen molar-refractivity contribution >= 4 is 35.4 Å². The normalized spacial score (nSPS) is 10.9. The van der Waals surface area contributed by atoms with Crippen LogP contribution in [-0.2, 0) is 10.1 Å². The van der Waals surface area contributed by atoms with Gasteiger partial charge in [0.05, 0.1) is 0 Å². The first-order valence-electron chi connectivity index (χ1n) is 9.69. The van der Waals surface area contributed by atoms with Gasteiger partial charge in [0.25, 0.3) is 0 Å². The van der Waals surface area contributed by atoms with Gasteiger partial charge in [-0.1, -0.05) is 90.6 Å². The minimum absolute atomic E-state index is 0. The molecule has 4 rings (SSSR count). The number of hydrogen-bond donors (Lipinski definition) is 0. The van der Waals surface area contributed by atoms with Crippen LogP contribution in [0.25, 0.3) is 11.1 Å². The molecule has 0 saturated heterocycles. The standard InChI is InChI=1S/C13H9F3O3S2.C12H10.H2S/c14-13(15,16)21(17,18)19-10-6-8-12(9-7-10)20-11-4-2-1-3-5-11;1-3-7-11(8-4-1)12-9-5-2-6-10-12;/h1-9H;1-10H;1H2. The molecule has 0 saturated carbocycles. The summed E-state index contributed by atoms with van der Waals surface area (Å²) in [5, 5.41) is 0. The zero-order valence-electron chi connectivity index (χ0n) is 17.6. The number of hydrogen-bond acceptors (Lipinski definition) is 4. The summed E-state index contributed by atoms with van der Waals surface area (Å²) in [4.78, 5) is 1.70. The number of benzene rings is 4. The van der Waals surface area contributed by atoms with Crippen molar-refractivity contribution in [1.29, 1.82) is 0 Å². The summed E-state index contributed by atoms with van der Waals surface area (Å²) >= 11 is 1.39. The van der Waals surface area contributed by atoms with Crippen LogP contribution in [0.2, 0.25) is 0 Å². The predicted molar refractivity (Wildman–Crippen MR) is 135 cm³/mol. The maximum absolute atomic E-state index is 12.2. The summed E-state index contributed by atoms with van der Waals surface area (Å²) < 4.78 is 62.2. The molecule has 0 aliphatic carbocycles. The molecule has 0 fully saturated rings. The van der Waals surface area contributed by atoms with Gasteiger partial charge >= 0.3 is 15.6 Å². The quantitative estimate of drug-likeness (QED) is 0.201. The zero-order chi connectivity index (χ0) is 23.7. The highest BCUT2D eigenvalue weighted by atomic mass is 32.2. The van der Waals surface area contributed by atoms with Gasteiger partial charge in [-0.3, -0.25) is 0 Å². The summed E-state index contributed by atoms with van der Waals surface area (Å²) in [6, 6.07) is 35.4. The molecule has 4 aromatic carbocycles. The second kappa shape index (κ2) is 12.5. The molecule has 4 aromatic rings. The third kappa shape index (κ3) is 8.16. The van der Waals surface area contributed by atoms with E-state index >= 15 is 0 Å². The monoisotopic (exact) mass is 522 g/mol. The molecule has 0 aliphatic heterocycles. The Labute approximate surface area is 208 Å². The van der Waals surface area contributed by atoms with E-state index in [1.807, 2.05) is 42.5 Å². The van der Waals surface area contributed by atoms with Crippen LogP contribution in [0.5, 0.6) is 5.75 Å². The maximum Gasteiger partial charge on any atom is 0.534 e. The van der Waals surface area contributed by atoms with Gasteiger partial charge in [-0.25, -0.2) is 0 Å². The van der Waals surface area contributed by atoms with E-state index in [0.29, 0.717) is 0 Å². The van der Waals surface area contributed by atoms with Gasteiger partial charge in [0.1, 0.15) is 5.75 Å². The Morgan fingerprint density at radius 3 is 1.38 bits per heavy atom. The molecule has 0 aromatic heterocycles. The third-order valence-electron chi connectivity index (χ3n) is 4.17. The highest BCUT2D eigenvalue weighted by molar-refractivity contribution is 7.99. The second-order valence-corrected chi connectivity index (χ2v) is 9.29. The third-order valence-corrected chi connectivity index (χ3v) is 6.17. The average Bonchev–Trinajstić information content (AvgIpc) is 2.82. The second-order valence-electron chi connectivity index (χ2n) is 6.60. The van der Waals surface area contributed by atoms with Crippen molar-refractivity contribution in [2.24, 2.45) is 0 Å². The molecule has 0 spiro atoms. The highest BCUT2D eigenvalue weighted by Crippen LogP contribution is 2.31. The SMILES string of the molecule is O=S(=O)(Oc1ccc(Sc2ccccc2)cc1)C(F)(F)F.S.c1ccc(-c2ccccc2)cc1. The lowest BCUT2D eigenvalue weighted by Gasteiger charge is -2.09. The lowest BCUT2D eigenvalue weighted by Crippen LogP contribution is -2.27. The van der Waals surface area contributed by atoms with Crippen molar-refractivity contribution in [3.8, 4) is 16.9 Å². The minimum atomic E-state index is -5.63. The van der Waals surface area contributed by atoms with Crippen LogP contribution in [0.3, 0.4) is 0 Å². The van der Waals surface area contributed by atoms with Crippen LogP contribution in [0.4, 0.5) is 13.2 Å². The Bertz CT molecular complexity index is 1200. The fourth-order valence-electron chi connectivity index (χ4n) is 2.62. The molecule has 0 bridgehead atoms. The molecule has 0 N–H and O–H groups in total. The van der Waals surface area contributed by atoms with Gasteiger partial charge in [0.2, 0.25) is 0 Å². The molecule has 0 amide bonds. The lowest BCUT2D eigenvalue weighted by atomic mass is 10.1. The molecule has 0 aliphatic rings.